The quantitative estimate of drug-likeness (QED) is 0.0309. The molecule has 656 valence electrons. The molecular formula is C93H103N29O6. The molecule has 35 heteroatoms. The number of piperidine rings is 1. The Kier molecular flexibility index (Phi) is 24.6. The lowest BCUT2D eigenvalue weighted by atomic mass is 9.72. The minimum Gasteiger partial charge on any atom is -0.396 e. The summed E-state index contributed by atoms with van der Waals surface area (Å²) in [5, 5.41) is 38.6. The highest BCUT2D eigenvalue weighted by Gasteiger charge is 2.50. The number of nitrogens with two attached hydrogens (primary N) is 4. The zero-order chi connectivity index (χ0) is 88.9. The monoisotopic (exact) mass is 1720 g/mol. The van der Waals surface area contributed by atoms with Crippen molar-refractivity contribution in [2.45, 2.75) is 134 Å². The Morgan fingerprint density at radius 2 is 0.820 bits per heavy atom. The number of carbonyl (C=O) groups excluding carboxylic acids is 1. The summed E-state index contributed by atoms with van der Waals surface area (Å²) in [4.78, 5) is 76.9. The number of aromatic nitrogens is 22. The molecule has 0 amide bonds. The average molecular weight is 1720 g/mol. The average Bonchev–Trinajstić information content (AvgIpc) is 1.60. The fraction of sp³-hybridized carbons (Fsp3) is 0.366. The lowest BCUT2D eigenvalue weighted by Gasteiger charge is -2.31. The highest BCUT2D eigenvalue weighted by molar-refractivity contribution is 5.78. The van der Waals surface area contributed by atoms with Crippen LogP contribution in [0.4, 0.5) is 35.6 Å². The lowest BCUT2D eigenvalue weighted by Crippen LogP contribution is -2.43. The van der Waals surface area contributed by atoms with Crippen molar-refractivity contribution in [3.8, 4) is 79.0 Å². The Balaban J connectivity index is 0.000000120. The van der Waals surface area contributed by atoms with E-state index < -0.39 is 5.41 Å². The highest BCUT2D eigenvalue weighted by atomic mass is 16.5. The van der Waals surface area contributed by atoms with Gasteiger partial charge < -0.3 is 61.3 Å². The maximum atomic E-state index is 11.7. The molecule has 15 aromatic rings. The Morgan fingerprint density at radius 1 is 0.430 bits per heavy atom. The molecule has 11 aromatic heterocycles. The molecule has 128 heavy (non-hydrogen) atoms. The standard InChI is InChI=1S/C25H27N9O.C24H25N7O2.C23H30N6O2.C21H21N7O/c1-25(19-6-7-19,18-4-2-16(3-5-18)17-12-30-24(26)31-13-17)23-32-22(35-33-23)20-14-29-21(15-28-20)34-10-8-27-9-11-34;1-3-20(32)14-31-13-17(12-28-31)21-29-22(30-33-21)24(2,19-8-9-19)18-6-4-15(5-7-18)16-10-26-23(25)27-11-16;1-15(2)23(3,19-6-4-17(5-7-19)18-12-25-21(24)26-13-18)20-27-22(31-28-20)29-10-8-16(14-30)9-11-29;1-21(17-7-8-17,19-26-18(29-27-19)15-11-25-28(2)12-15)16-5-3-13(4-6-16)14-9-23-20(22)24-10-14/h2-5,12-15,19,27H,6-11H2,1H3,(H2,26,30,31);4-7,10-13,19H,3,8-9,14H2,1-2H3,(H2,25,26,27);4-7,12-13,15-16,30H,8-11,14H2,1-3H3,(H2,24,25,26);3-6,9-12,17H,7-8H2,1-2H3,(H2,22,23,24)/t25-;;;21-/m0..0/s1. The first-order chi connectivity index (χ1) is 62.0. The first kappa shape index (κ1) is 85.8. The van der Waals surface area contributed by atoms with Gasteiger partial charge in [0.15, 0.2) is 29.1 Å². The molecule has 5 aliphatic rings. The number of aryl methyl sites for hydroxylation is 1. The van der Waals surface area contributed by atoms with Crippen LogP contribution in [0.25, 0.3) is 79.0 Å². The molecule has 0 spiro atoms. The van der Waals surface area contributed by atoms with Crippen molar-refractivity contribution < 1.29 is 28.0 Å². The van der Waals surface area contributed by atoms with E-state index >= 15 is 0 Å². The minimum absolute atomic E-state index is 0.117. The van der Waals surface area contributed by atoms with Crippen molar-refractivity contribution >= 4 is 41.4 Å². The third-order valence-electron chi connectivity index (χ3n) is 25.9. The number of carbonyl (C=O) groups is 1. The predicted molar refractivity (Wildman–Crippen MR) is 480 cm³/mol. The van der Waals surface area contributed by atoms with Gasteiger partial charge in [0.05, 0.1) is 64.1 Å². The van der Waals surface area contributed by atoms with Crippen LogP contribution < -0.4 is 38.1 Å². The van der Waals surface area contributed by atoms with Gasteiger partial charge in [-0.15, -0.1) is 0 Å². The van der Waals surface area contributed by atoms with E-state index in [1.165, 1.54) is 5.56 Å². The Hall–Kier alpha value is -14.4. The lowest BCUT2D eigenvalue weighted by molar-refractivity contribution is -0.119. The number of aliphatic hydroxyl groups excluding tert-OH is 1. The number of benzene rings is 4. The zero-order valence-electron chi connectivity index (χ0n) is 72.8. The van der Waals surface area contributed by atoms with E-state index in [2.05, 4.69) is 234 Å². The summed E-state index contributed by atoms with van der Waals surface area (Å²) in [6, 6.07) is 34.0. The van der Waals surface area contributed by atoms with E-state index in [0.29, 0.717) is 88.3 Å². The van der Waals surface area contributed by atoms with Crippen LogP contribution in [-0.4, -0.2) is 167 Å². The zero-order valence-corrected chi connectivity index (χ0v) is 72.8. The van der Waals surface area contributed by atoms with Gasteiger partial charge in [-0.25, -0.2) is 49.8 Å². The number of nitrogens with one attached hydrogen (secondary N) is 1. The van der Waals surface area contributed by atoms with Gasteiger partial charge in [-0.05, 0) is 153 Å². The molecule has 13 heterocycles. The molecule has 3 aliphatic carbocycles. The number of Topliss-reactive ketones (excluding diaryl/α,β-unsaturated/α-hetero) is 1. The molecule has 4 atom stereocenters. The number of aliphatic hydroxyl groups is 1. The van der Waals surface area contributed by atoms with E-state index in [1.54, 1.807) is 89.9 Å². The smallest absolute Gasteiger partial charge is 0.324 e. The van der Waals surface area contributed by atoms with E-state index in [9.17, 15) is 9.90 Å². The van der Waals surface area contributed by atoms with Crippen molar-refractivity contribution in [1.82, 2.24) is 115 Å². The van der Waals surface area contributed by atoms with E-state index in [0.717, 1.165) is 163 Å². The maximum absolute atomic E-state index is 11.7. The number of anilines is 6. The molecule has 3 saturated carbocycles. The Bertz CT molecular complexity index is 6220. The van der Waals surface area contributed by atoms with E-state index in [-0.39, 0.29) is 64.9 Å². The molecule has 2 aliphatic heterocycles. The molecular weight excluding hydrogens is 1620 g/mol. The molecule has 35 nitrogen and oxygen atoms in total. The van der Waals surface area contributed by atoms with Gasteiger partial charge in [0.25, 0.3) is 17.7 Å². The summed E-state index contributed by atoms with van der Waals surface area (Å²) in [5.74, 6) is 8.07. The second-order valence-electron chi connectivity index (χ2n) is 34.4. The van der Waals surface area contributed by atoms with Gasteiger partial charge >= 0.3 is 6.01 Å². The maximum Gasteiger partial charge on any atom is 0.324 e. The number of hydrogen-bond donors (Lipinski definition) is 6. The highest BCUT2D eigenvalue weighted by Crippen LogP contribution is 2.54. The number of nitrogens with zero attached hydrogens (tertiary/aromatic N) is 24. The summed E-state index contributed by atoms with van der Waals surface area (Å²) in [7, 11) is 1.86. The molecule has 2 unspecified atom stereocenters. The van der Waals surface area contributed by atoms with Gasteiger partial charge in [-0.3, -0.25) is 14.2 Å². The minimum atomic E-state index is -0.401. The molecule has 0 radical (unpaired) electrons. The molecule has 10 N–H and O–H groups in total. The topological polar surface area (TPSA) is 480 Å². The Morgan fingerprint density at radius 3 is 1.20 bits per heavy atom. The third kappa shape index (κ3) is 18.4. The van der Waals surface area contributed by atoms with Gasteiger partial charge in [0.2, 0.25) is 23.8 Å². The number of nitrogen functional groups attached to an aromatic ring is 4. The van der Waals surface area contributed by atoms with Gasteiger partial charge in [0, 0.05) is 144 Å². The van der Waals surface area contributed by atoms with Gasteiger partial charge in [-0.1, -0.05) is 138 Å². The molecule has 0 bridgehead atoms. The number of rotatable bonds is 25. The molecule has 5 fully saturated rings. The number of hydrogen-bond acceptors (Lipinski definition) is 33. The van der Waals surface area contributed by atoms with E-state index in [1.807, 2.05) is 20.2 Å². The number of ketones is 1. The van der Waals surface area contributed by atoms with Crippen molar-refractivity contribution in [3.05, 3.63) is 229 Å². The van der Waals surface area contributed by atoms with Crippen LogP contribution in [0.5, 0.6) is 0 Å². The van der Waals surface area contributed by atoms with Crippen LogP contribution in [0, 0.1) is 29.6 Å². The summed E-state index contributed by atoms with van der Waals surface area (Å²) >= 11 is 0. The fourth-order valence-corrected chi connectivity index (χ4v) is 16.7. The van der Waals surface area contributed by atoms with Crippen LogP contribution >= 0.6 is 0 Å². The molecule has 4 aromatic carbocycles. The van der Waals surface area contributed by atoms with Crippen LogP contribution in [0.3, 0.4) is 0 Å². The van der Waals surface area contributed by atoms with Crippen LogP contribution in [-0.2, 0) is 40.0 Å². The fourth-order valence-electron chi connectivity index (χ4n) is 16.7. The van der Waals surface area contributed by atoms with Gasteiger partial charge in [-0.2, -0.15) is 30.1 Å². The summed E-state index contributed by atoms with van der Waals surface area (Å²) < 4.78 is 25.9. The summed E-state index contributed by atoms with van der Waals surface area (Å²) in [6.07, 6.45) is 33.5. The van der Waals surface area contributed by atoms with Crippen molar-refractivity contribution in [2.24, 2.45) is 36.6 Å². The molecule has 20 rings (SSSR count). The van der Waals surface area contributed by atoms with Gasteiger partial charge in [0.1, 0.15) is 11.5 Å². The van der Waals surface area contributed by atoms with Crippen molar-refractivity contribution in [3.63, 3.8) is 0 Å². The molecule has 2 saturated heterocycles. The first-order valence-electron chi connectivity index (χ1n) is 43.3. The number of piperazine rings is 1. The van der Waals surface area contributed by atoms with Crippen molar-refractivity contribution in [2.75, 3.05) is 78.6 Å². The summed E-state index contributed by atoms with van der Waals surface area (Å²) in [6.45, 7) is 20.8. The largest absolute Gasteiger partial charge is 0.396 e. The predicted octanol–water partition coefficient (Wildman–Crippen LogP) is 12.9. The van der Waals surface area contributed by atoms with Crippen molar-refractivity contribution in [1.29, 1.82) is 0 Å². The SMILES string of the molecule is CC(C)C(C)(c1ccc(-c2cnc(N)nc2)cc1)c1noc(N2CCC(CO)CC2)n1.CCC(=O)Cn1cc(-c2nc(C(C)(c3ccc(-c4cnc(N)nc4)cc3)C3CC3)no2)cn1.C[C@@](c1ccc(-c2cnc(N)nc2)cc1)(c1noc(-c2cnc(N3CCNCC3)cn2)n1)C1CC1.Cn1cc(-c2nc([C@@](C)(c3ccc(-c4cnc(N)nc4)cc3)C3CC3)no2)cn1. The van der Waals surface area contributed by atoms with Crippen LogP contribution in [0.15, 0.2) is 202 Å². The second kappa shape index (κ2) is 36.7. The van der Waals surface area contributed by atoms with Crippen LogP contribution in [0.2, 0.25) is 0 Å². The van der Waals surface area contributed by atoms with E-state index in [4.69, 9.17) is 61.0 Å². The first-order valence-corrected chi connectivity index (χ1v) is 43.3. The summed E-state index contributed by atoms with van der Waals surface area (Å²) in [5.41, 5.74) is 35.4. The Labute approximate surface area is 739 Å². The van der Waals surface area contributed by atoms with Crippen LogP contribution in [0.1, 0.15) is 152 Å². The normalized spacial score (nSPS) is 16.6. The second-order valence-corrected chi connectivity index (χ2v) is 34.4. The third-order valence-corrected chi connectivity index (χ3v) is 25.9.